The number of benzene rings is 1. The highest BCUT2D eigenvalue weighted by atomic mass is 14.9. The Bertz CT molecular complexity index is 377. The van der Waals surface area contributed by atoms with Crippen LogP contribution < -0.4 is 5.32 Å². The molecule has 0 aromatic heterocycles. The number of rotatable bonds is 5. The highest BCUT2D eigenvalue weighted by Gasteiger charge is 2.05. The maximum atomic E-state index is 9.08. The average Bonchev–Trinajstić information content (AvgIpc) is 2.27. The number of nitrogens with zero attached hydrogens (tertiary/aromatic N) is 1. The van der Waals surface area contributed by atoms with E-state index in [4.69, 9.17) is 5.26 Å². The van der Waals surface area contributed by atoms with Crippen molar-refractivity contribution >= 4 is 5.69 Å². The third-order valence-electron chi connectivity index (χ3n) is 2.81. The molecule has 0 saturated carbocycles. The predicted molar refractivity (Wildman–Crippen MR) is 68.5 cm³/mol. The van der Waals surface area contributed by atoms with Gasteiger partial charge in [-0.1, -0.05) is 32.4 Å². The van der Waals surface area contributed by atoms with Gasteiger partial charge in [0.15, 0.2) is 0 Å². The van der Waals surface area contributed by atoms with E-state index in [0.29, 0.717) is 5.92 Å². The van der Waals surface area contributed by atoms with Gasteiger partial charge in [0.2, 0.25) is 0 Å². The van der Waals surface area contributed by atoms with Crippen molar-refractivity contribution in [3.05, 3.63) is 29.3 Å². The van der Waals surface area contributed by atoms with E-state index in [2.05, 4.69) is 25.2 Å². The smallest absolute Gasteiger partial charge is 0.102 e. The lowest BCUT2D eigenvalue weighted by atomic mass is 10.0. The average molecular weight is 216 g/mol. The monoisotopic (exact) mass is 216 g/mol. The van der Waals surface area contributed by atoms with Gasteiger partial charge in [0.1, 0.15) is 6.07 Å². The summed E-state index contributed by atoms with van der Waals surface area (Å²) in [6, 6.07) is 8.19. The second-order valence-corrected chi connectivity index (χ2v) is 4.38. The molecule has 0 amide bonds. The Morgan fingerprint density at radius 2 is 2.19 bits per heavy atom. The topological polar surface area (TPSA) is 35.8 Å². The Morgan fingerprint density at radius 3 is 2.81 bits per heavy atom. The lowest BCUT2D eigenvalue weighted by Crippen LogP contribution is -2.12. The maximum Gasteiger partial charge on any atom is 0.102 e. The van der Waals surface area contributed by atoms with Crippen molar-refractivity contribution in [3.63, 3.8) is 0 Å². The first-order valence-corrected chi connectivity index (χ1v) is 5.92. The summed E-state index contributed by atoms with van der Waals surface area (Å²) < 4.78 is 0. The highest BCUT2D eigenvalue weighted by molar-refractivity contribution is 5.60. The number of hydrogen-bond acceptors (Lipinski definition) is 2. The summed E-state index contributed by atoms with van der Waals surface area (Å²) in [7, 11) is 0. The molecular weight excluding hydrogens is 196 g/mol. The van der Waals surface area contributed by atoms with Crippen LogP contribution in [0, 0.1) is 24.2 Å². The molecule has 2 nitrogen and oxygen atoms in total. The Hall–Kier alpha value is -1.49. The zero-order valence-electron chi connectivity index (χ0n) is 10.4. The molecular formula is C14H20N2. The standard InChI is InChI=1S/C14H20N2/c1-4-6-11(2)10-16-14-8-5-7-12(3)13(14)9-15/h5,7-8,11,16H,4,6,10H2,1-3H3. The van der Waals surface area contributed by atoms with Crippen molar-refractivity contribution in [1.82, 2.24) is 0 Å². The van der Waals surface area contributed by atoms with Gasteiger partial charge in [0.05, 0.1) is 11.3 Å². The van der Waals surface area contributed by atoms with Crippen molar-refractivity contribution < 1.29 is 0 Å². The minimum Gasteiger partial charge on any atom is -0.384 e. The molecule has 0 spiro atoms. The first kappa shape index (κ1) is 12.6. The highest BCUT2D eigenvalue weighted by Crippen LogP contribution is 2.19. The molecule has 0 aliphatic carbocycles. The summed E-state index contributed by atoms with van der Waals surface area (Å²) >= 11 is 0. The van der Waals surface area contributed by atoms with Crippen LogP contribution in [0.2, 0.25) is 0 Å². The molecule has 0 radical (unpaired) electrons. The zero-order valence-corrected chi connectivity index (χ0v) is 10.4. The molecule has 1 aromatic carbocycles. The van der Waals surface area contributed by atoms with Crippen molar-refractivity contribution in [2.75, 3.05) is 11.9 Å². The largest absolute Gasteiger partial charge is 0.384 e. The van der Waals surface area contributed by atoms with Gasteiger partial charge in [0, 0.05) is 6.54 Å². The molecule has 2 heteroatoms. The third-order valence-corrected chi connectivity index (χ3v) is 2.81. The van der Waals surface area contributed by atoms with E-state index in [9.17, 15) is 0 Å². The third kappa shape index (κ3) is 3.27. The van der Waals surface area contributed by atoms with Crippen molar-refractivity contribution in [1.29, 1.82) is 5.26 Å². The first-order valence-electron chi connectivity index (χ1n) is 5.92. The molecule has 1 unspecified atom stereocenters. The quantitative estimate of drug-likeness (QED) is 0.814. The van der Waals surface area contributed by atoms with E-state index in [1.54, 1.807) is 0 Å². The van der Waals surface area contributed by atoms with E-state index < -0.39 is 0 Å². The number of nitriles is 1. The molecule has 1 N–H and O–H groups in total. The van der Waals surface area contributed by atoms with Crippen LogP contribution in [0.3, 0.4) is 0 Å². The summed E-state index contributed by atoms with van der Waals surface area (Å²) in [5.41, 5.74) is 2.77. The fourth-order valence-corrected chi connectivity index (χ4v) is 1.84. The molecule has 1 aromatic rings. The molecule has 1 rings (SSSR count). The van der Waals surface area contributed by atoms with Crippen LogP contribution in [0.5, 0.6) is 0 Å². The van der Waals surface area contributed by atoms with E-state index >= 15 is 0 Å². The Balaban J connectivity index is 2.67. The van der Waals surface area contributed by atoms with Gasteiger partial charge in [-0.3, -0.25) is 0 Å². The SMILES string of the molecule is CCCC(C)CNc1cccc(C)c1C#N. The Morgan fingerprint density at radius 1 is 1.44 bits per heavy atom. The minimum atomic E-state index is 0.650. The summed E-state index contributed by atoms with van der Waals surface area (Å²) in [6.07, 6.45) is 2.43. The van der Waals surface area contributed by atoms with E-state index in [1.807, 2.05) is 25.1 Å². The van der Waals surface area contributed by atoms with Gasteiger partial charge in [0.25, 0.3) is 0 Å². The zero-order chi connectivity index (χ0) is 12.0. The van der Waals surface area contributed by atoms with Gasteiger partial charge in [-0.15, -0.1) is 0 Å². The van der Waals surface area contributed by atoms with Gasteiger partial charge >= 0.3 is 0 Å². The van der Waals surface area contributed by atoms with Crippen LogP contribution in [0.25, 0.3) is 0 Å². The molecule has 86 valence electrons. The second kappa shape index (κ2) is 6.17. The molecule has 0 bridgehead atoms. The molecule has 0 heterocycles. The molecule has 1 atom stereocenters. The van der Waals surface area contributed by atoms with Crippen LogP contribution in [-0.2, 0) is 0 Å². The van der Waals surface area contributed by atoms with Crippen molar-refractivity contribution in [2.45, 2.75) is 33.6 Å². The Labute approximate surface area is 98.3 Å². The van der Waals surface area contributed by atoms with Gasteiger partial charge < -0.3 is 5.32 Å². The first-order chi connectivity index (χ1) is 7.69. The summed E-state index contributed by atoms with van der Waals surface area (Å²) in [6.45, 7) is 7.34. The van der Waals surface area contributed by atoms with Gasteiger partial charge in [-0.25, -0.2) is 0 Å². The molecule has 0 fully saturated rings. The summed E-state index contributed by atoms with van der Waals surface area (Å²) in [4.78, 5) is 0. The second-order valence-electron chi connectivity index (χ2n) is 4.38. The minimum absolute atomic E-state index is 0.650. The lowest BCUT2D eigenvalue weighted by molar-refractivity contribution is 0.550. The van der Waals surface area contributed by atoms with Crippen LogP contribution in [0.15, 0.2) is 18.2 Å². The van der Waals surface area contributed by atoms with Crippen LogP contribution in [0.1, 0.15) is 37.8 Å². The molecule has 0 saturated heterocycles. The lowest BCUT2D eigenvalue weighted by Gasteiger charge is -2.14. The van der Waals surface area contributed by atoms with Crippen LogP contribution in [-0.4, -0.2) is 6.54 Å². The Kier molecular flexibility index (Phi) is 4.85. The van der Waals surface area contributed by atoms with Crippen LogP contribution in [0.4, 0.5) is 5.69 Å². The normalized spacial score (nSPS) is 11.9. The van der Waals surface area contributed by atoms with Gasteiger partial charge in [-0.2, -0.15) is 5.26 Å². The van der Waals surface area contributed by atoms with E-state index in [0.717, 1.165) is 23.4 Å². The van der Waals surface area contributed by atoms with Crippen LogP contribution >= 0.6 is 0 Å². The number of hydrogen-bond donors (Lipinski definition) is 1. The van der Waals surface area contributed by atoms with E-state index in [1.165, 1.54) is 12.8 Å². The molecule has 16 heavy (non-hydrogen) atoms. The molecule has 0 aliphatic heterocycles. The number of aryl methyl sites for hydroxylation is 1. The number of anilines is 1. The fourth-order valence-electron chi connectivity index (χ4n) is 1.84. The van der Waals surface area contributed by atoms with Crippen molar-refractivity contribution in [2.24, 2.45) is 5.92 Å². The molecule has 0 aliphatic rings. The fraction of sp³-hybridized carbons (Fsp3) is 0.500. The summed E-state index contributed by atoms with van der Waals surface area (Å²) in [5, 5.41) is 12.4. The summed E-state index contributed by atoms with van der Waals surface area (Å²) in [5.74, 6) is 0.650. The number of nitrogens with one attached hydrogen (secondary N) is 1. The van der Waals surface area contributed by atoms with Crippen molar-refractivity contribution in [3.8, 4) is 6.07 Å². The maximum absolute atomic E-state index is 9.08. The predicted octanol–water partition coefficient (Wildman–Crippen LogP) is 3.71. The van der Waals surface area contributed by atoms with Gasteiger partial charge in [-0.05, 0) is 30.9 Å². The van der Waals surface area contributed by atoms with E-state index in [-0.39, 0.29) is 0 Å².